The third-order valence-electron chi connectivity index (χ3n) is 3.35. The van der Waals surface area contributed by atoms with E-state index in [1.807, 2.05) is 12.2 Å². The van der Waals surface area contributed by atoms with Crippen LogP contribution in [-0.2, 0) is 14.3 Å². The quantitative estimate of drug-likeness (QED) is 0.609. The second kappa shape index (κ2) is 4.68. The molecule has 1 saturated heterocycles. The van der Waals surface area contributed by atoms with E-state index in [9.17, 15) is 9.59 Å². The van der Waals surface area contributed by atoms with Crippen LogP contribution in [0.4, 0.5) is 0 Å². The number of carbonyl (C=O) groups is 2. The highest BCUT2D eigenvalue weighted by molar-refractivity contribution is 6.00. The van der Waals surface area contributed by atoms with Crippen molar-refractivity contribution in [1.29, 1.82) is 0 Å². The molecule has 1 heterocycles. The molecule has 0 saturated carbocycles. The van der Waals surface area contributed by atoms with Crippen LogP contribution in [0.1, 0.15) is 27.2 Å². The summed E-state index contributed by atoms with van der Waals surface area (Å²) in [7, 11) is 0. The van der Waals surface area contributed by atoms with Crippen molar-refractivity contribution < 1.29 is 14.3 Å². The van der Waals surface area contributed by atoms with E-state index in [0.29, 0.717) is 6.61 Å². The highest BCUT2D eigenvalue weighted by Crippen LogP contribution is 2.45. The lowest BCUT2D eigenvalue weighted by molar-refractivity contribution is -0.137. The lowest BCUT2D eigenvalue weighted by Gasteiger charge is -2.24. The Morgan fingerprint density at radius 3 is 2.63 bits per heavy atom. The number of hydrogen-bond donors (Lipinski definition) is 1. The van der Waals surface area contributed by atoms with E-state index in [2.05, 4.69) is 19.2 Å². The zero-order valence-electron chi connectivity index (χ0n) is 11.5. The van der Waals surface area contributed by atoms with Gasteiger partial charge in [-0.3, -0.25) is 4.79 Å². The first-order chi connectivity index (χ1) is 8.87. The van der Waals surface area contributed by atoms with E-state index in [1.54, 1.807) is 19.1 Å². The number of nitrogens with one attached hydrogen (secondary N) is 1. The molecule has 1 spiro atoms. The van der Waals surface area contributed by atoms with Gasteiger partial charge < -0.3 is 10.1 Å². The molecular weight excluding hydrogens is 242 g/mol. The smallest absolute Gasteiger partial charge is 0.332 e. The summed E-state index contributed by atoms with van der Waals surface area (Å²) in [5, 5.41) is 3.34. The van der Waals surface area contributed by atoms with Gasteiger partial charge in [-0.1, -0.05) is 12.2 Å². The monoisotopic (exact) mass is 261 g/mol. The Bertz CT molecular complexity index is 482. The second-order valence-corrected chi connectivity index (χ2v) is 5.61. The molecule has 1 aliphatic carbocycles. The van der Waals surface area contributed by atoms with Crippen LogP contribution in [0.15, 0.2) is 36.1 Å². The van der Waals surface area contributed by atoms with E-state index in [1.165, 1.54) is 6.08 Å². The van der Waals surface area contributed by atoms with Crippen LogP contribution in [-0.4, -0.2) is 23.9 Å². The molecule has 102 valence electrons. The van der Waals surface area contributed by atoms with Crippen molar-refractivity contribution in [3.63, 3.8) is 0 Å². The molecule has 2 aliphatic rings. The topological polar surface area (TPSA) is 55.4 Å². The first-order valence-corrected chi connectivity index (χ1v) is 6.46. The molecule has 0 aromatic rings. The van der Waals surface area contributed by atoms with Gasteiger partial charge in [0.2, 0.25) is 0 Å². The standard InChI is InChI=1S/C15H19NO3/c1-4-19-13(18)9-12-15(10-14(2,3)16-12)7-5-11(17)6-8-15/h5-9,16H,4,10H2,1-3H3/b12-9-. The molecule has 0 bridgehead atoms. The summed E-state index contributed by atoms with van der Waals surface area (Å²) in [5.74, 6) is -0.383. The zero-order chi connectivity index (χ0) is 14.1. The lowest BCUT2D eigenvalue weighted by Crippen LogP contribution is -2.31. The third kappa shape index (κ3) is 2.78. The van der Waals surface area contributed by atoms with E-state index in [4.69, 9.17) is 4.74 Å². The second-order valence-electron chi connectivity index (χ2n) is 5.61. The maximum Gasteiger partial charge on any atom is 0.332 e. The molecule has 0 aromatic heterocycles. The summed E-state index contributed by atoms with van der Waals surface area (Å²) in [5.41, 5.74) is 0.258. The van der Waals surface area contributed by atoms with E-state index < -0.39 is 5.41 Å². The van der Waals surface area contributed by atoms with E-state index >= 15 is 0 Å². The molecule has 0 atom stereocenters. The molecule has 4 nitrogen and oxygen atoms in total. The predicted molar refractivity (Wildman–Crippen MR) is 72.3 cm³/mol. The summed E-state index contributed by atoms with van der Waals surface area (Å²) in [6.07, 6.45) is 9.13. The third-order valence-corrected chi connectivity index (χ3v) is 3.35. The average Bonchev–Trinajstić information content (AvgIpc) is 2.55. The fraction of sp³-hybridized carbons (Fsp3) is 0.467. The molecule has 0 amide bonds. The maximum atomic E-state index is 11.6. The summed E-state index contributed by atoms with van der Waals surface area (Å²) >= 11 is 0. The van der Waals surface area contributed by atoms with Crippen molar-refractivity contribution >= 4 is 11.8 Å². The minimum atomic E-state index is -0.399. The first kappa shape index (κ1) is 13.6. The van der Waals surface area contributed by atoms with Crippen molar-refractivity contribution in [2.45, 2.75) is 32.7 Å². The maximum absolute atomic E-state index is 11.6. The van der Waals surface area contributed by atoms with Gasteiger partial charge in [-0.25, -0.2) is 4.79 Å². The van der Waals surface area contributed by atoms with Gasteiger partial charge in [0.25, 0.3) is 0 Å². The molecule has 0 radical (unpaired) electrons. The summed E-state index contributed by atoms with van der Waals surface area (Å²) in [6, 6.07) is 0. The fourth-order valence-electron chi connectivity index (χ4n) is 2.69. The Morgan fingerprint density at radius 2 is 2.05 bits per heavy atom. The number of ketones is 1. The first-order valence-electron chi connectivity index (χ1n) is 6.46. The van der Waals surface area contributed by atoms with Gasteiger partial charge in [0.1, 0.15) is 0 Å². The van der Waals surface area contributed by atoms with Crippen molar-refractivity contribution in [3.05, 3.63) is 36.1 Å². The molecule has 4 heteroatoms. The molecule has 2 rings (SSSR count). The van der Waals surface area contributed by atoms with E-state index in [-0.39, 0.29) is 17.3 Å². The van der Waals surface area contributed by atoms with Crippen LogP contribution >= 0.6 is 0 Å². The SMILES string of the molecule is CCOC(=O)/C=C1\NC(C)(C)CC12C=CC(=O)C=C2. The number of ether oxygens (including phenoxy) is 1. The van der Waals surface area contributed by atoms with Crippen molar-refractivity contribution in [1.82, 2.24) is 5.32 Å². The number of carbonyl (C=O) groups excluding carboxylic acids is 2. The van der Waals surface area contributed by atoms with Crippen LogP contribution in [0.25, 0.3) is 0 Å². The Labute approximate surface area is 113 Å². The normalized spacial score (nSPS) is 24.8. The molecule has 1 aliphatic heterocycles. The van der Waals surface area contributed by atoms with Crippen molar-refractivity contribution in [2.24, 2.45) is 5.41 Å². The zero-order valence-corrected chi connectivity index (χ0v) is 11.5. The number of esters is 1. The largest absolute Gasteiger partial charge is 0.463 e. The Hall–Kier alpha value is -1.84. The van der Waals surface area contributed by atoms with Gasteiger partial charge in [0, 0.05) is 22.7 Å². The van der Waals surface area contributed by atoms with Gasteiger partial charge in [0.15, 0.2) is 5.78 Å². The molecule has 19 heavy (non-hydrogen) atoms. The van der Waals surface area contributed by atoms with Crippen molar-refractivity contribution in [3.8, 4) is 0 Å². The molecular formula is C15H19NO3. The Morgan fingerprint density at radius 1 is 1.42 bits per heavy atom. The Balaban J connectivity index is 2.35. The van der Waals surface area contributed by atoms with E-state index in [0.717, 1.165) is 12.1 Å². The van der Waals surface area contributed by atoms with Crippen LogP contribution in [0.5, 0.6) is 0 Å². The highest BCUT2D eigenvalue weighted by Gasteiger charge is 2.45. The predicted octanol–water partition coefficient (Wildman–Crippen LogP) is 1.89. The minimum absolute atomic E-state index is 0.0224. The molecule has 0 unspecified atom stereocenters. The van der Waals surface area contributed by atoms with Crippen LogP contribution in [0, 0.1) is 5.41 Å². The van der Waals surface area contributed by atoms with Crippen LogP contribution in [0.2, 0.25) is 0 Å². The lowest BCUT2D eigenvalue weighted by atomic mass is 9.77. The number of hydrogen-bond acceptors (Lipinski definition) is 4. The van der Waals surface area contributed by atoms with Gasteiger partial charge in [-0.05, 0) is 39.3 Å². The van der Waals surface area contributed by atoms with Crippen molar-refractivity contribution in [2.75, 3.05) is 6.61 Å². The highest BCUT2D eigenvalue weighted by atomic mass is 16.5. The average molecular weight is 261 g/mol. The Kier molecular flexibility index (Phi) is 3.35. The number of allylic oxidation sites excluding steroid dienone is 3. The van der Waals surface area contributed by atoms with Gasteiger partial charge in [0.05, 0.1) is 6.61 Å². The fourth-order valence-corrected chi connectivity index (χ4v) is 2.69. The molecule has 0 aromatic carbocycles. The molecule has 1 N–H and O–H groups in total. The van der Waals surface area contributed by atoms with Crippen LogP contribution in [0.3, 0.4) is 0 Å². The molecule has 1 fully saturated rings. The summed E-state index contributed by atoms with van der Waals surface area (Å²) in [4.78, 5) is 22.9. The number of rotatable bonds is 2. The van der Waals surface area contributed by atoms with Crippen LogP contribution < -0.4 is 5.32 Å². The van der Waals surface area contributed by atoms with Gasteiger partial charge >= 0.3 is 5.97 Å². The minimum Gasteiger partial charge on any atom is -0.463 e. The summed E-state index contributed by atoms with van der Waals surface area (Å²) in [6.45, 7) is 6.26. The van der Waals surface area contributed by atoms with Gasteiger partial charge in [-0.2, -0.15) is 0 Å². The van der Waals surface area contributed by atoms with Gasteiger partial charge in [-0.15, -0.1) is 0 Å². The summed E-state index contributed by atoms with van der Waals surface area (Å²) < 4.78 is 4.96.